The fraction of sp³-hybridized carbons (Fsp3) is 0.364. The molecule has 1 N–H and O–H groups in total. The summed E-state index contributed by atoms with van der Waals surface area (Å²) in [5.41, 5.74) is 0.137. The molecule has 0 saturated carbocycles. The Hall–Kier alpha value is -3.16. The molecule has 0 aliphatic carbocycles. The summed E-state index contributed by atoms with van der Waals surface area (Å²) >= 11 is 0. The Labute approximate surface area is 173 Å². The van der Waals surface area contributed by atoms with Crippen LogP contribution < -0.4 is 14.8 Å². The standard InChI is InChI=1S/C22H24F2N2O4/c1-4-26(11-14-8-9-17-18(10-14)30-12-29-17)22(28)20(13(2)3)25-21(27)19-15(23)6-5-7-16(19)24/h5-10,13,20H,4,11-12H2,1-3H3,(H,25,27)/t20-/m0/s1. The Balaban J connectivity index is 1.77. The molecule has 2 aromatic carbocycles. The van der Waals surface area contributed by atoms with Gasteiger partial charge in [0.15, 0.2) is 11.5 Å². The van der Waals surface area contributed by atoms with E-state index in [4.69, 9.17) is 9.47 Å². The molecule has 2 amide bonds. The highest BCUT2D eigenvalue weighted by molar-refractivity contribution is 5.98. The summed E-state index contributed by atoms with van der Waals surface area (Å²) in [6.07, 6.45) is 0. The molecule has 30 heavy (non-hydrogen) atoms. The summed E-state index contributed by atoms with van der Waals surface area (Å²) < 4.78 is 38.6. The summed E-state index contributed by atoms with van der Waals surface area (Å²) in [4.78, 5) is 27.2. The van der Waals surface area contributed by atoms with E-state index in [2.05, 4.69) is 5.32 Å². The molecule has 1 aliphatic heterocycles. The average Bonchev–Trinajstić information content (AvgIpc) is 3.17. The predicted molar refractivity (Wildman–Crippen MR) is 106 cm³/mol. The van der Waals surface area contributed by atoms with E-state index in [9.17, 15) is 18.4 Å². The van der Waals surface area contributed by atoms with Gasteiger partial charge in [-0.15, -0.1) is 0 Å². The van der Waals surface area contributed by atoms with Crippen LogP contribution >= 0.6 is 0 Å². The Morgan fingerprint density at radius 2 is 1.77 bits per heavy atom. The Morgan fingerprint density at radius 1 is 1.10 bits per heavy atom. The van der Waals surface area contributed by atoms with E-state index in [-0.39, 0.29) is 18.6 Å². The summed E-state index contributed by atoms with van der Waals surface area (Å²) in [6, 6.07) is 7.65. The lowest BCUT2D eigenvalue weighted by Gasteiger charge is -2.29. The third kappa shape index (κ3) is 4.53. The van der Waals surface area contributed by atoms with Gasteiger partial charge in [0.1, 0.15) is 23.2 Å². The van der Waals surface area contributed by atoms with Crippen LogP contribution in [0.2, 0.25) is 0 Å². The maximum Gasteiger partial charge on any atom is 0.257 e. The van der Waals surface area contributed by atoms with Crippen molar-refractivity contribution in [2.45, 2.75) is 33.4 Å². The number of hydrogen-bond acceptors (Lipinski definition) is 4. The van der Waals surface area contributed by atoms with Gasteiger partial charge in [0.25, 0.3) is 5.91 Å². The second kappa shape index (κ2) is 9.11. The first-order valence-electron chi connectivity index (χ1n) is 9.74. The van der Waals surface area contributed by atoms with Crippen LogP contribution in [0.4, 0.5) is 8.78 Å². The van der Waals surface area contributed by atoms with Gasteiger partial charge in [-0.3, -0.25) is 9.59 Å². The lowest BCUT2D eigenvalue weighted by molar-refractivity contribution is -0.134. The molecule has 0 spiro atoms. The fourth-order valence-electron chi connectivity index (χ4n) is 3.24. The minimum atomic E-state index is -0.977. The van der Waals surface area contributed by atoms with E-state index in [1.165, 1.54) is 6.07 Å². The van der Waals surface area contributed by atoms with Crippen LogP contribution in [-0.4, -0.2) is 36.1 Å². The molecule has 160 valence electrons. The molecule has 0 fully saturated rings. The van der Waals surface area contributed by atoms with Gasteiger partial charge in [0.2, 0.25) is 12.7 Å². The number of carbonyl (C=O) groups is 2. The highest BCUT2D eigenvalue weighted by Gasteiger charge is 2.30. The maximum absolute atomic E-state index is 14.0. The van der Waals surface area contributed by atoms with E-state index in [1.807, 2.05) is 13.0 Å². The lowest BCUT2D eigenvalue weighted by atomic mass is 10.0. The molecule has 0 unspecified atom stereocenters. The maximum atomic E-state index is 14.0. The van der Waals surface area contributed by atoms with Gasteiger partial charge >= 0.3 is 0 Å². The second-order valence-electron chi connectivity index (χ2n) is 7.33. The Kier molecular flexibility index (Phi) is 6.54. The third-order valence-electron chi connectivity index (χ3n) is 4.91. The first kappa shape index (κ1) is 21.5. The topological polar surface area (TPSA) is 67.9 Å². The van der Waals surface area contributed by atoms with Crippen molar-refractivity contribution in [3.8, 4) is 11.5 Å². The molecule has 8 heteroatoms. The molecule has 6 nitrogen and oxygen atoms in total. The predicted octanol–water partition coefficient (Wildman–Crippen LogP) is 3.50. The van der Waals surface area contributed by atoms with E-state index in [0.29, 0.717) is 24.6 Å². The zero-order valence-electron chi connectivity index (χ0n) is 17.1. The molecule has 1 heterocycles. The molecule has 0 bridgehead atoms. The highest BCUT2D eigenvalue weighted by Crippen LogP contribution is 2.32. The molecule has 0 radical (unpaired) electrons. The first-order chi connectivity index (χ1) is 14.3. The minimum Gasteiger partial charge on any atom is -0.454 e. The largest absolute Gasteiger partial charge is 0.454 e. The van der Waals surface area contributed by atoms with Crippen LogP contribution in [0.3, 0.4) is 0 Å². The van der Waals surface area contributed by atoms with E-state index >= 15 is 0 Å². The number of likely N-dealkylation sites (N-methyl/N-ethyl adjacent to an activating group) is 1. The number of carbonyl (C=O) groups excluding carboxylic acids is 2. The van der Waals surface area contributed by atoms with Crippen molar-refractivity contribution in [3.05, 3.63) is 59.2 Å². The number of amides is 2. The third-order valence-corrected chi connectivity index (χ3v) is 4.91. The number of rotatable bonds is 7. The normalized spacial score (nSPS) is 13.3. The minimum absolute atomic E-state index is 0.156. The number of nitrogens with one attached hydrogen (secondary N) is 1. The molecular formula is C22H24F2N2O4. The van der Waals surface area contributed by atoms with Gasteiger partial charge in [-0.2, -0.15) is 0 Å². The van der Waals surface area contributed by atoms with Crippen molar-refractivity contribution in [3.63, 3.8) is 0 Å². The fourth-order valence-corrected chi connectivity index (χ4v) is 3.24. The summed E-state index contributed by atoms with van der Waals surface area (Å²) in [5.74, 6) is -2.29. The van der Waals surface area contributed by atoms with Crippen LogP contribution in [0.1, 0.15) is 36.7 Å². The van der Waals surface area contributed by atoms with Crippen LogP contribution in [0, 0.1) is 17.6 Å². The van der Waals surface area contributed by atoms with Crippen molar-refractivity contribution < 1.29 is 27.8 Å². The van der Waals surface area contributed by atoms with Crippen LogP contribution in [0.25, 0.3) is 0 Å². The summed E-state index contributed by atoms with van der Waals surface area (Å²) in [5, 5.41) is 2.50. The molecule has 1 aliphatic rings. The second-order valence-corrected chi connectivity index (χ2v) is 7.33. The van der Waals surface area contributed by atoms with Crippen LogP contribution in [0.5, 0.6) is 11.5 Å². The molecule has 0 aromatic heterocycles. The summed E-state index contributed by atoms with van der Waals surface area (Å²) in [7, 11) is 0. The van der Waals surface area contributed by atoms with Crippen molar-refractivity contribution in [2.75, 3.05) is 13.3 Å². The van der Waals surface area contributed by atoms with Crippen molar-refractivity contribution in [1.82, 2.24) is 10.2 Å². The van der Waals surface area contributed by atoms with Gasteiger partial charge < -0.3 is 19.7 Å². The van der Waals surface area contributed by atoms with Crippen LogP contribution in [0.15, 0.2) is 36.4 Å². The smallest absolute Gasteiger partial charge is 0.257 e. The van der Waals surface area contributed by atoms with Gasteiger partial charge in [-0.25, -0.2) is 8.78 Å². The van der Waals surface area contributed by atoms with Crippen molar-refractivity contribution in [1.29, 1.82) is 0 Å². The summed E-state index contributed by atoms with van der Waals surface area (Å²) in [6.45, 7) is 6.17. The van der Waals surface area contributed by atoms with Crippen molar-refractivity contribution >= 4 is 11.8 Å². The lowest BCUT2D eigenvalue weighted by Crippen LogP contribution is -2.51. The molecule has 2 aromatic rings. The number of benzene rings is 2. The quantitative estimate of drug-likeness (QED) is 0.748. The number of fused-ring (bicyclic) bond motifs is 1. The average molecular weight is 418 g/mol. The molecule has 1 atom stereocenters. The number of halogens is 2. The Bertz CT molecular complexity index is 928. The van der Waals surface area contributed by atoms with Gasteiger partial charge in [0, 0.05) is 13.1 Å². The van der Waals surface area contributed by atoms with Gasteiger partial charge in [-0.1, -0.05) is 26.0 Å². The first-order valence-corrected chi connectivity index (χ1v) is 9.74. The Morgan fingerprint density at radius 3 is 2.40 bits per heavy atom. The van der Waals surface area contributed by atoms with E-state index in [1.54, 1.807) is 30.9 Å². The van der Waals surface area contributed by atoms with Crippen LogP contribution in [-0.2, 0) is 11.3 Å². The number of hydrogen-bond donors (Lipinski definition) is 1. The molecule has 3 rings (SSSR count). The zero-order valence-corrected chi connectivity index (χ0v) is 17.1. The van der Waals surface area contributed by atoms with E-state index in [0.717, 1.165) is 17.7 Å². The highest BCUT2D eigenvalue weighted by atomic mass is 19.1. The zero-order chi connectivity index (χ0) is 21.8. The van der Waals surface area contributed by atoms with E-state index < -0.39 is 29.1 Å². The SMILES string of the molecule is CCN(Cc1ccc2c(c1)OCO2)C(=O)[C@@H](NC(=O)c1c(F)cccc1F)C(C)C. The molecule has 0 saturated heterocycles. The number of ether oxygens (including phenoxy) is 2. The molecular weight excluding hydrogens is 394 g/mol. The number of nitrogens with zero attached hydrogens (tertiary/aromatic N) is 1. The monoisotopic (exact) mass is 418 g/mol. The van der Waals surface area contributed by atoms with Gasteiger partial charge in [-0.05, 0) is 42.7 Å². The van der Waals surface area contributed by atoms with Gasteiger partial charge in [0.05, 0.1) is 0 Å². The van der Waals surface area contributed by atoms with Crippen molar-refractivity contribution in [2.24, 2.45) is 5.92 Å².